The summed E-state index contributed by atoms with van der Waals surface area (Å²) in [5, 5.41) is 2.95. The van der Waals surface area contributed by atoms with Gasteiger partial charge in [0.25, 0.3) is 0 Å². The maximum Gasteiger partial charge on any atom is 0.187 e. The first-order valence-electron chi connectivity index (χ1n) is 11.5. The zero-order valence-corrected chi connectivity index (χ0v) is 21.8. The number of methoxy groups -OCH3 is 5. The van der Waals surface area contributed by atoms with Gasteiger partial charge < -0.3 is 29.0 Å². The molecule has 0 radical (unpaired) electrons. The van der Waals surface area contributed by atoms with Crippen molar-refractivity contribution in [3.63, 3.8) is 0 Å². The molecule has 0 spiro atoms. The quantitative estimate of drug-likeness (QED) is 0.314. The Hall–Kier alpha value is -3.88. The summed E-state index contributed by atoms with van der Waals surface area (Å²) in [7, 11) is 7.71. The van der Waals surface area contributed by atoms with Crippen molar-refractivity contribution in [3.05, 3.63) is 95.2 Å². The molecule has 3 rings (SSSR count). The number of allylic oxidation sites excluding steroid dienone is 4. The van der Waals surface area contributed by atoms with Gasteiger partial charge in [0.1, 0.15) is 17.6 Å². The van der Waals surface area contributed by atoms with Crippen LogP contribution in [-0.2, 0) is 14.2 Å². The zero-order chi connectivity index (χ0) is 27.0. The van der Waals surface area contributed by atoms with Crippen molar-refractivity contribution in [1.29, 1.82) is 0 Å². The molecule has 0 aliphatic heterocycles. The summed E-state index contributed by atoms with van der Waals surface area (Å²) in [6.07, 6.45) is 9.78. The van der Waals surface area contributed by atoms with Crippen LogP contribution in [0.1, 0.15) is 22.8 Å². The van der Waals surface area contributed by atoms with E-state index in [9.17, 15) is 9.18 Å². The molecule has 37 heavy (non-hydrogen) atoms. The minimum Gasteiger partial charge on any atom is -0.498 e. The van der Waals surface area contributed by atoms with Crippen LogP contribution in [-0.4, -0.2) is 53.0 Å². The highest BCUT2D eigenvalue weighted by Crippen LogP contribution is 2.35. The van der Waals surface area contributed by atoms with Gasteiger partial charge >= 0.3 is 0 Å². The minimum absolute atomic E-state index is 0.0347. The molecule has 0 heterocycles. The fraction of sp³-hybridized carbons (Fsp3) is 0.276. The second-order valence-corrected chi connectivity index (χ2v) is 8.33. The van der Waals surface area contributed by atoms with Crippen LogP contribution < -0.4 is 14.8 Å². The molecule has 0 saturated carbocycles. The summed E-state index contributed by atoms with van der Waals surface area (Å²) in [5.41, 5.74) is 1.50. The summed E-state index contributed by atoms with van der Waals surface area (Å²) in [5.74, 6) is 0.541. The number of ketones is 1. The molecule has 2 aromatic rings. The van der Waals surface area contributed by atoms with E-state index in [0.717, 1.165) is 5.57 Å². The molecule has 196 valence electrons. The fourth-order valence-electron chi connectivity index (χ4n) is 3.97. The molecular weight excluding hydrogens is 477 g/mol. The first-order chi connectivity index (χ1) is 17.8. The maximum absolute atomic E-state index is 14.8. The Morgan fingerprint density at radius 2 is 1.73 bits per heavy atom. The number of halogens is 1. The molecule has 0 saturated heterocycles. The highest BCUT2D eigenvalue weighted by molar-refractivity contribution is 6.04. The zero-order valence-electron chi connectivity index (χ0n) is 21.8. The number of ether oxygens (including phenoxy) is 5. The van der Waals surface area contributed by atoms with E-state index in [0.29, 0.717) is 28.3 Å². The van der Waals surface area contributed by atoms with E-state index in [2.05, 4.69) is 5.32 Å². The third-order valence-electron chi connectivity index (χ3n) is 6.16. The molecule has 0 amide bonds. The number of benzene rings is 2. The minimum atomic E-state index is -0.764. The molecule has 2 aromatic carbocycles. The lowest BCUT2D eigenvalue weighted by Crippen LogP contribution is -2.45. The second kappa shape index (κ2) is 12.4. The van der Waals surface area contributed by atoms with Crippen LogP contribution >= 0.6 is 0 Å². The number of nitrogens with one attached hydrogen (secondary N) is 1. The number of carbonyl (C=O) groups excluding carboxylic acids is 1. The van der Waals surface area contributed by atoms with E-state index >= 15 is 0 Å². The monoisotopic (exact) mass is 509 g/mol. The van der Waals surface area contributed by atoms with Crippen molar-refractivity contribution < 1.29 is 32.9 Å². The van der Waals surface area contributed by atoms with Crippen LogP contribution in [0.15, 0.2) is 78.2 Å². The van der Waals surface area contributed by atoms with Crippen molar-refractivity contribution >= 4 is 17.5 Å². The van der Waals surface area contributed by atoms with Gasteiger partial charge in [0.15, 0.2) is 23.0 Å². The Labute approximate surface area is 216 Å². The van der Waals surface area contributed by atoms with Gasteiger partial charge in [-0.2, -0.15) is 0 Å². The van der Waals surface area contributed by atoms with E-state index in [1.807, 2.05) is 25.2 Å². The standard InChI is InChI=1S/C29H32FNO6/c1-29(37-6)26(34-3)17-20(18-27(29)35-4)8-7-19-15-23(30)28(36-5)24(16-19)31-14-13-25(32)21-9-11-22(33-2)12-10-21/h7-18,26,31H,1-6H3/b8-7-,14-13-. The molecule has 1 aliphatic carbocycles. The van der Waals surface area contributed by atoms with Gasteiger partial charge in [0.2, 0.25) is 0 Å². The van der Waals surface area contributed by atoms with Crippen molar-refractivity contribution in [2.24, 2.45) is 0 Å². The highest BCUT2D eigenvalue weighted by Gasteiger charge is 2.41. The molecule has 0 bridgehead atoms. The van der Waals surface area contributed by atoms with E-state index in [1.165, 1.54) is 25.5 Å². The molecule has 2 unspecified atom stereocenters. The number of anilines is 1. The number of hydrogen-bond donors (Lipinski definition) is 1. The summed E-state index contributed by atoms with van der Waals surface area (Å²) in [4.78, 5) is 12.4. The van der Waals surface area contributed by atoms with Crippen LogP contribution in [0.5, 0.6) is 11.5 Å². The summed E-state index contributed by atoms with van der Waals surface area (Å²) >= 11 is 0. The van der Waals surface area contributed by atoms with Gasteiger partial charge in [0, 0.05) is 32.1 Å². The molecule has 0 aromatic heterocycles. The molecule has 2 atom stereocenters. The smallest absolute Gasteiger partial charge is 0.187 e. The Morgan fingerprint density at radius 3 is 2.32 bits per heavy atom. The van der Waals surface area contributed by atoms with Crippen LogP contribution in [0.4, 0.5) is 10.1 Å². The summed E-state index contributed by atoms with van der Waals surface area (Å²) in [6.45, 7) is 1.89. The second-order valence-electron chi connectivity index (χ2n) is 8.33. The van der Waals surface area contributed by atoms with Gasteiger partial charge in [-0.15, -0.1) is 0 Å². The van der Waals surface area contributed by atoms with E-state index < -0.39 is 11.4 Å². The van der Waals surface area contributed by atoms with Crippen LogP contribution in [0.2, 0.25) is 0 Å². The van der Waals surface area contributed by atoms with E-state index in [1.54, 1.807) is 64.8 Å². The van der Waals surface area contributed by atoms with E-state index in [-0.39, 0.29) is 17.6 Å². The molecule has 1 N–H and O–H groups in total. The third-order valence-corrected chi connectivity index (χ3v) is 6.16. The predicted molar refractivity (Wildman–Crippen MR) is 141 cm³/mol. The average molecular weight is 510 g/mol. The third kappa shape index (κ3) is 6.28. The number of hydrogen-bond acceptors (Lipinski definition) is 7. The summed E-state index contributed by atoms with van der Waals surface area (Å²) < 4.78 is 41.9. The van der Waals surface area contributed by atoms with Gasteiger partial charge in [-0.1, -0.05) is 12.2 Å². The van der Waals surface area contributed by atoms with Gasteiger partial charge in [0.05, 0.1) is 27.0 Å². The van der Waals surface area contributed by atoms with Crippen LogP contribution in [0.25, 0.3) is 6.08 Å². The fourth-order valence-corrected chi connectivity index (χ4v) is 3.97. The van der Waals surface area contributed by atoms with Crippen molar-refractivity contribution in [1.82, 2.24) is 0 Å². The molecule has 8 heteroatoms. The first kappa shape index (κ1) is 27.7. The van der Waals surface area contributed by atoms with Gasteiger partial charge in [-0.3, -0.25) is 4.79 Å². The van der Waals surface area contributed by atoms with Crippen LogP contribution in [0.3, 0.4) is 0 Å². The molecule has 0 fully saturated rings. The van der Waals surface area contributed by atoms with Crippen molar-refractivity contribution in [3.8, 4) is 11.5 Å². The Balaban J connectivity index is 1.82. The predicted octanol–water partition coefficient (Wildman–Crippen LogP) is 5.56. The lowest BCUT2D eigenvalue weighted by Gasteiger charge is -2.37. The summed E-state index contributed by atoms with van der Waals surface area (Å²) in [6, 6.07) is 9.84. The van der Waals surface area contributed by atoms with Crippen molar-refractivity contribution in [2.75, 3.05) is 40.9 Å². The molecule has 1 aliphatic rings. The Bertz CT molecular complexity index is 1230. The average Bonchev–Trinajstić information content (AvgIpc) is 2.92. The van der Waals surface area contributed by atoms with Gasteiger partial charge in [-0.25, -0.2) is 4.39 Å². The number of rotatable bonds is 11. The highest BCUT2D eigenvalue weighted by atomic mass is 19.1. The normalized spacial score (nSPS) is 19.5. The lowest BCUT2D eigenvalue weighted by molar-refractivity contribution is -0.0882. The first-order valence-corrected chi connectivity index (χ1v) is 11.5. The van der Waals surface area contributed by atoms with Crippen molar-refractivity contribution in [2.45, 2.75) is 18.6 Å². The molecular formula is C29H32FNO6. The lowest BCUT2D eigenvalue weighted by atomic mass is 9.88. The Morgan fingerprint density at radius 1 is 1.00 bits per heavy atom. The van der Waals surface area contributed by atoms with Crippen LogP contribution in [0, 0.1) is 5.82 Å². The van der Waals surface area contributed by atoms with Gasteiger partial charge in [-0.05, 0) is 66.6 Å². The largest absolute Gasteiger partial charge is 0.498 e. The number of carbonyl (C=O) groups is 1. The molecule has 7 nitrogen and oxygen atoms in total. The maximum atomic E-state index is 14.8. The SMILES string of the molecule is COC1=CC(/C=C\c2cc(F)c(OC)c(N/C=C\C(=O)c3ccc(OC)cc3)c2)=CC(OC)C1(C)OC. The Kier molecular flexibility index (Phi) is 9.27. The van der Waals surface area contributed by atoms with E-state index in [4.69, 9.17) is 23.7 Å². The topological polar surface area (TPSA) is 75.3 Å².